The van der Waals surface area contributed by atoms with Crippen molar-refractivity contribution in [3.05, 3.63) is 64.7 Å². The van der Waals surface area contributed by atoms with Gasteiger partial charge >= 0.3 is 0 Å². The maximum Gasteiger partial charge on any atom is 0.224 e. The number of benzene rings is 2. The normalized spacial score (nSPS) is 16.7. The average Bonchev–Trinajstić information content (AvgIpc) is 2.71. The van der Waals surface area contributed by atoms with Crippen LogP contribution in [0.15, 0.2) is 48.5 Å². The highest BCUT2D eigenvalue weighted by Crippen LogP contribution is 2.24. The third-order valence-corrected chi connectivity index (χ3v) is 5.44. The molecule has 1 N–H and O–H groups in total. The largest absolute Gasteiger partial charge is 0.496 e. The van der Waals surface area contributed by atoms with Crippen LogP contribution in [0.25, 0.3) is 0 Å². The van der Waals surface area contributed by atoms with Crippen molar-refractivity contribution in [1.82, 2.24) is 10.2 Å². The molecular formula is C22H25ClN2O3. The summed E-state index contributed by atoms with van der Waals surface area (Å²) in [5, 5.41) is 3.70. The number of likely N-dealkylation sites (tertiary alicyclic amines) is 1. The zero-order valence-corrected chi connectivity index (χ0v) is 16.7. The van der Waals surface area contributed by atoms with Gasteiger partial charge in [0.2, 0.25) is 11.8 Å². The monoisotopic (exact) mass is 400 g/mol. The number of amides is 2. The highest BCUT2D eigenvalue weighted by atomic mass is 35.5. The molecule has 1 heterocycles. The SMILES string of the molecule is COc1ccccc1CN1C[C@@H](C(=O)NCCc2ccccc2Cl)CCC1=O. The third-order valence-electron chi connectivity index (χ3n) is 5.08. The van der Waals surface area contributed by atoms with Crippen LogP contribution in [-0.4, -0.2) is 36.9 Å². The van der Waals surface area contributed by atoms with Gasteiger partial charge in [0, 0.05) is 36.6 Å². The first-order valence-electron chi connectivity index (χ1n) is 9.49. The molecule has 6 heteroatoms. The van der Waals surface area contributed by atoms with E-state index in [0.717, 1.165) is 16.9 Å². The molecule has 1 saturated heterocycles. The van der Waals surface area contributed by atoms with Gasteiger partial charge in [-0.1, -0.05) is 48.0 Å². The molecule has 1 aliphatic heterocycles. The van der Waals surface area contributed by atoms with Gasteiger partial charge in [0.15, 0.2) is 0 Å². The quantitative estimate of drug-likeness (QED) is 0.774. The van der Waals surface area contributed by atoms with E-state index in [-0.39, 0.29) is 17.7 Å². The molecule has 0 aliphatic carbocycles. The van der Waals surface area contributed by atoms with E-state index in [9.17, 15) is 9.59 Å². The first-order valence-corrected chi connectivity index (χ1v) is 9.87. The van der Waals surface area contributed by atoms with Gasteiger partial charge in [-0.15, -0.1) is 0 Å². The summed E-state index contributed by atoms with van der Waals surface area (Å²) < 4.78 is 5.37. The first-order chi connectivity index (χ1) is 13.6. The van der Waals surface area contributed by atoms with Crippen molar-refractivity contribution in [2.24, 2.45) is 5.92 Å². The predicted octanol–water partition coefficient (Wildman–Crippen LogP) is 3.45. The Labute approximate surface area is 170 Å². The lowest BCUT2D eigenvalue weighted by Crippen LogP contribution is -2.45. The van der Waals surface area contributed by atoms with E-state index in [1.54, 1.807) is 12.0 Å². The van der Waals surface area contributed by atoms with Crippen molar-refractivity contribution in [3.63, 3.8) is 0 Å². The summed E-state index contributed by atoms with van der Waals surface area (Å²) in [4.78, 5) is 26.7. The van der Waals surface area contributed by atoms with Crippen LogP contribution >= 0.6 is 11.6 Å². The van der Waals surface area contributed by atoms with Crippen LogP contribution in [0.4, 0.5) is 0 Å². The van der Waals surface area contributed by atoms with Crippen LogP contribution in [0.3, 0.4) is 0 Å². The average molecular weight is 401 g/mol. The van der Waals surface area contributed by atoms with Gasteiger partial charge in [-0.05, 0) is 30.5 Å². The maximum absolute atomic E-state index is 12.6. The summed E-state index contributed by atoms with van der Waals surface area (Å²) in [6, 6.07) is 15.3. The van der Waals surface area contributed by atoms with Crippen molar-refractivity contribution < 1.29 is 14.3 Å². The summed E-state index contributed by atoms with van der Waals surface area (Å²) in [5.41, 5.74) is 1.96. The second kappa shape index (κ2) is 9.60. The first kappa shape index (κ1) is 20.2. The number of methoxy groups -OCH3 is 1. The Morgan fingerprint density at radius 1 is 1.18 bits per heavy atom. The highest BCUT2D eigenvalue weighted by molar-refractivity contribution is 6.31. The fourth-order valence-corrected chi connectivity index (χ4v) is 3.72. The van der Waals surface area contributed by atoms with E-state index < -0.39 is 0 Å². The standard InChI is InChI=1S/C22H25ClN2O3/c1-28-20-9-5-3-7-17(20)14-25-15-18(10-11-21(25)26)22(27)24-13-12-16-6-2-4-8-19(16)23/h2-9,18H,10-15H2,1H3,(H,24,27)/t18-/m0/s1. The molecule has 1 aliphatic rings. The molecule has 1 fully saturated rings. The summed E-state index contributed by atoms with van der Waals surface area (Å²) in [5.74, 6) is 0.621. The van der Waals surface area contributed by atoms with Gasteiger partial charge in [0.25, 0.3) is 0 Å². The maximum atomic E-state index is 12.6. The van der Waals surface area contributed by atoms with Gasteiger partial charge in [-0.2, -0.15) is 0 Å². The molecule has 148 valence electrons. The van der Waals surface area contributed by atoms with Crippen LogP contribution in [0.1, 0.15) is 24.0 Å². The molecule has 0 unspecified atom stereocenters. The number of ether oxygens (including phenoxy) is 1. The lowest BCUT2D eigenvalue weighted by atomic mass is 9.96. The molecule has 0 spiro atoms. The fourth-order valence-electron chi connectivity index (χ4n) is 3.49. The Morgan fingerprint density at radius 2 is 1.89 bits per heavy atom. The number of carbonyl (C=O) groups excluding carboxylic acids is 2. The Morgan fingerprint density at radius 3 is 2.64 bits per heavy atom. The number of hydrogen-bond acceptors (Lipinski definition) is 3. The molecule has 2 aromatic carbocycles. The second-order valence-corrected chi connectivity index (χ2v) is 7.36. The van der Waals surface area contributed by atoms with Crippen LogP contribution < -0.4 is 10.1 Å². The fraction of sp³-hybridized carbons (Fsp3) is 0.364. The molecule has 0 aromatic heterocycles. The minimum Gasteiger partial charge on any atom is -0.496 e. The Bertz CT molecular complexity index is 840. The van der Waals surface area contributed by atoms with Crippen LogP contribution in [-0.2, 0) is 22.6 Å². The lowest BCUT2D eigenvalue weighted by Gasteiger charge is -2.32. The number of rotatable bonds is 7. The van der Waals surface area contributed by atoms with Gasteiger partial charge in [-0.3, -0.25) is 9.59 Å². The Hall–Kier alpha value is -2.53. The second-order valence-electron chi connectivity index (χ2n) is 6.95. The molecule has 3 rings (SSSR count). The van der Waals surface area contributed by atoms with E-state index in [0.29, 0.717) is 43.9 Å². The molecule has 0 radical (unpaired) electrons. The molecule has 5 nitrogen and oxygen atoms in total. The molecule has 0 bridgehead atoms. The number of hydrogen-bond donors (Lipinski definition) is 1. The van der Waals surface area contributed by atoms with E-state index in [4.69, 9.17) is 16.3 Å². The van der Waals surface area contributed by atoms with E-state index >= 15 is 0 Å². The smallest absolute Gasteiger partial charge is 0.224 e. The zero-order chi connectivity index (χ0) is 19.9. The number of nitrogens with one attached hydrogen (secondary N) is 1. The summed E-state index contributed by atoms with van der Waals surface area (Å²) >= 11 is 6.16. The molecular weight excluding hydrogens is 376 g/mol. The minimum absolute atomic E-state index is 0.00965. The molecule has 0 saturated carbocycles. The number of halogens is 1. The van der Waals surface area contributed by atoms with Gasteiger partial charge in [0.1, 0.15) is 5.75 Å². The third kappa shape index (κ3) is 5.04. The van der Waals surface area contributed by atoms with Crippen LogP contribution in [0.2, 0.25) is 5.02 Å². The van der Waals surface area contributed by atoms with Crippen LogP contribution in [0.5, 0.6) is 5.75 Å². The van der Waals surface area contributed by atoms with E-state index in [1.165, 1.54) is 0 Å². The topological polar surface area (TPSA) is 58.6 Å². The lowest BCUT2D eigenvalue weighted by molar-refractivity contribution is -0.138. The minimum atomic E-state index is -0.196. The number of piperidine rings is 1. The molecule has 2 aromatic rings. The van der Waals surface area contributed by atoms with Crippen molar-refractivity contribution in [2.45, 2.75) is 25.8 Å². The Balaban J connectivity index is 1.55. The molecule has 28 heavy (non-hydrogen) atoms. The highest BCUT2D eigenvalue weighted by Gasteiger charge is 2.30. The number of para-hydroxylation sites is 1. The van der Waals surface area contributed by atoms with Gasteiger partial charge in [0.05, 0.1) is 13.0 Å². The van der Waals surface area contributed by atoms with Crippen LogP contribution in [0, 0.1) is 5.92 Å². The number of carbonyl (C=O) groups is 2. The van der Waals surface area contributed by atoms with Gasteiger partial charge in [-0.25, -0.2) is 0 Å². The van der Waals surface area contributed by atoms with E-state index in [2.05, 4.69) is 5.32 Å². The molecule has 2 amide bonds. The summed E-state index contributed by atoms with van der Waals surface area (Å²) in [6.07, 6.45) is 1.65. The summed E-state index contributed by atoms with van der Waals surface area (Å²) in [7, 11) is 1.62. The van der Waals surface area contributed by atoms with Crippen molar-refractivity contribution in [3.8, 4) is 5.75 Å². The molecule has 1 atom stereocenters. The van der Waals surface area contributed by atoms with Crippen molar-refractivity contribution in [1.29, 1.82) is 0 Å². The Kier molecular flexibility index (Phi) is 6.93. The predicted molar refractivity (Wildman–Crippen MR) is 109 cm³/mol. The van der Waals surface area contributed by atoms with E-state index in [1.807, 2.05) is 48.5 Å². The summed E-state index contributed by atoms with van der Waals surface area (Å²) in [6.45, 7) is 1.40. The zero-order valence-electron chi connectivity index (χ0n) is 16.0. The van der Waals surface area contributed by atoms with Crippen molar-refractivity contribution >= 4 is 23.4 Å². The van der Waals surface area contributed by atoms with Crippen molar-refractivity contribution in [2.75, 3.05) is 20.2 Å². The number of nitrogens with zero attached hydrogens (tertiary/aromatic N) is 1. The van der Waals surface area contributed by atoms with Gasteiger partial charge < -0.3 is 15.0 Å².